The van der Waals surface area contributed by atoms with Gasteiger partial charge in [0.15, 0.2) is 0 Å². The van der Waals surface area contributed by atoms with Crippen LogP contribution in [0.25, 0.3) is 0 Å². The van der Waals surface area contributed by atoms with Crippen molar-refractivity contribution in [2.45, 2.75) is 103 Å². The van der Waals surface area contributed by atoms with Gasteiger partial charge in [-0.25, -0.2) is 0 Å². The fraction of sp³-hybridized carbons (Fsp3) is 0.655. The van der Waals surface area contributed by atoms with E-state index < -0.39 is 0 Å². The number of unbranched alkanes of at least 4 members (excludes halogenated alkanes) is 1. The lowest BCUT2D eigenvalue weighted by molar-refractivity contribution is 0.294. The van der Waals surface area contributed by atoms with Crippen molar-refractivity contribution in [2.75, 3.05) is 0 Å². The summed E-state index contributed by atoms with van der Waals surface area (Å²) in [5.74, 6) is 10.1. The van der Waals surface area contributed by atoms with Crippen molar-refractivity contribution in [2.24, 2.45) is 17.8 Å². The normalized spacial score (nSPS) is 27.5. The molecular formula is C29H42. The fourth-order valence-corrected chi connectivity index (χ4v) is 5.50. The highest BCUT2D eigenvalue weighted by Crippen LogP contribution is 2.37. The van der Waals surface area contributed by atoms with Crippen molar-refractivity contribution in [1.82, 2.24) is 0 Å². The smallest absolute Gasteiger partial charge is 0.0249 e. The molecule has 2 saturated carbocycles. The van der Waals surface area contributed by atoms with E-state index in [1.54, 1.807) is 0 Å². The molecule has 0 saturated heterocycles. The van der Waals surface area contributed by atoms with E-state index in [0.29, 0.717) is 0 Å². The zero-order chi connectivity index (χ0) is 20.3. The fourth-order valence-electron chi connectivity index (χ4n) is 5.50. The zero-order valence-corrected chi connectivity index (χ0v) is 19.0. The minimum atomic E-state index is 0.757. The molecule has 1 aromatic rings. The van der Waals surface area contributed by atoms with E-state index in [9.17, 15) is 0 Å². The first-order valence-electron chi connectivity index (χ1n) is 12.6. The molecule has 1 aromatic carbocycles. The summed E-state index contributed by atoms with van der Waals surface area (Å²) in [6.45, 7) is 4.62. The number of hydrogen-bond donors (Lipinski definition) is 0. The first-order valence-corrected chi connectivity index (χ1v) is 12.6. The second-order valence-corrected chi connectivity index (χ2v) is 9.68. The van der Waals surface area contributed by atoms with Gasteiger partial charge in [-0.05, 0) is 98.8 Å². The van der Waals surface area contributed by atoms with Gasteiger partial charge in [0, 0.05) is 5.56 Å². The van der Waals surface area contributed by atoms with Crippen LogP contribution >= 0.6 is 0 Å². The van der Waals surface area contributed by atoms with E-state index >= 15 is 0 Å². The van der Waals surface area contributed by atoms with Gasteiger partial charge in [0.05, 0.1) is 0 Å². The summed E-state index contributed by atoms with van der Waals surface area (Å²) in [4.78, 5) is 0. The third kappa shape index (κ3) is 7.37. The molecular weight excluding hydrogens is 348 g/mol. The Kier molecular flexibility index (Phi) is 9.40. The molecule has 0 atom stereocenters. The Morgan fingerprint density at radius 3 is 2.10 bits per heavy atom. The van der Waals surface area contributed by atoms with Crippen LogP contribution in [0.5, 0.6) is 0 Å². The van der Waals surface area contributed by atoms with Crippen LogP contribution in [0.1, 0.15) is 114 Å². The van der Waals surface area contributed by atoms with Gasteiger partial charge >= 0.3 is 0 Å². The van der Waals surface area contributed by atoms with Crippen molar-refractivity contribution in [3.63, 3.8) is 0 Å². The molecule has 0 aromatic heterocycles. The number of rotatable bonds is 7. The Labute approximate surface area is 180 Å². The van der Waals surface area contributed by atoms with E-state index in [-0.39, 0.29) is 0 Å². The molecule has 0 nitrogen and oxygen atoms in total. The van der Waals surface area contributed by atoms with Crippen LogP contribution in [0.4, 0.5) is 0 Å². The zero-order valence-electron chi connectivity index (χ0n) is 19.0. The molecule has 0 aliphatic heterocycles. The number of hydrogen-bond acceptors (Lipinski definition) is 0. The highest BCUT2D eigenvalue weighted by Gasteiger charge is 2.22. The van der Waals surface area contributed by atoms with Crippen LogP contribution in [-0.4, -0.2) is 0 Å². The van der Waals surface area contributed by atoms with Crippen LogP contribution < -0.4 is 0 Å². The van der Waals surface area contributed by atoms with Gasteiger partial charge in [-0.15, -0.1) is 0 Å². The second kappa shape index (κ2) is 12.3. The largest absolute Gasteiger partial charge is 0.0730 e. The monoisotopic (exact) mass is 390 g/mol. The van der Waals surface area contributed by atoms with E-state index in [4.69, 9.17) is 0 Å². The van der Waals surface area contributed by atoms with Crippen molar-refractivity contribution >= 4 is 0 Å². The molecule has 0 heteroatoms. The van der Waals surface area contributed by atoms with Crippen LogP contribution in [0.3, 0.4) is 0 Å². The third-order valence-corrected chi connectivity index (χ3v) is 7.45. The Balaban J connectivity index is 1.42. The first-order chi connectivity index (χ1) is 14.3. The molecule has 2 aliphatic carbocycles. The molecule has 2 aliphatic rings. The van der Waals surface area contributed by atoms with Gasteiger partial charge in [-0.2, -0.15) is 0 Å². The predicted molar refractivity (Wildman–Crippen MR) is 127 cm³/mol. The summed E-state index contributed by atoms with van der Waals surface area (Å²) in [6, 6.07) is 9.13. The third-order valence-electron chi connectivity index (χ3n) is 7.45. The Bertz CT molecular complexity index is 652. The van der Waals surface area contributed by atoms with Crippen LogP contribution in [0.2, 0.25) is 0 Å². The summed E-state index contributed by atoms with van der Waals surface area (Å²) >= 11 is 0. The molecule has 0 heterocycles. The second-order valence-electron chi connectivity index (χ2n) is 9.68. The van der Waals surface area contributed by atoms with Crippen LogP contribution in [-0.2, 0) is 0 Å². The van der Waals surface area contributed by atoms with E-state index in [1.807, 2.05) is 0 Å². The molecule has 3 rings (SSSR count). The summed E-state index contributed by atoms with van der Waals surface area (Å²) in [5, 5.41) is 0. The van der Waals surface area contributed by atoms with Crippen LogP contribution in [0.15, 0.2) is 36.4 Å². The maximum Gasteiger partial charge on any atom is 0.0249 e. The van der Waals surface area contributed by atoms with Gasteiger partial charge in [0.2, 0.25) is 0 Å². The first kappa shape index (κ1) is 22.2. The van der Waals surface area contributed by atoms with Crippen molar-refractivity contribution < 1.29 is 0 Å². The van der Waals surface area contributed by atoms with Gasteiger partial charge in [0.25, 0.3) is 0 Å². The van der Waals surface area contributed by atoms with E-state index in [2.05, 4.69) is 62.1 Å². The van der Waals surface area contributed by atoms with Gasteiger partial charge in [-0.3, -0.25) is 0 Å². The SMILES string of the molecule is CCCCC1CCC(c2ccc(C#CC=CC3CCC(CCC)CC3)cc2)CC1. The van der Waals surface area contributed by atoms with Crippen molar-refractivity contribution in [3.8, 4) is 11.8 Å². The van der Waals surface area contributed by atoms with Gasteiger partial charge in [0.1, 0.15) is 0 Å². The summed E-state index contributed by atoms with van der Waals surface area (Å²) in [5.41, 5.74) is 2.69. The minimum absolute atomic E-state index is 0.757. The van der Waals surface area contributed by atoms with Crippen LogP contribution in [0, 0.1) is 29.6 Å². The molecule has 0 radical (unpaired) electrons. The van der Waals surface area contributed by atoms with Crippen molar-refractivity contribution in [3.05, 3.63) is 47.5 Å². The standard InChI is InChI=1S/C29H42/c1-3-5-9-25-16-20-28(21-17-25)29-22-18-27(19-23-29)11-7-6-10-26-14-12-24(8-4-2)13-15-26/h6,10,18-19,22-26,28H,3-5,8-9,12-17,20-21H2,1-2H3. The molecule has 0 unspecified atom stereocenters. The molecule has 0 bridgehead atoms. The van der Waals surface area contributed by atoms with Crippen molar-refractivity contribution in [1.29, 1.82) is 0 Å². The Morgan fingerprint density at radius 1 is 0.793 bits per heavy atom. The van der Waals surface area contributed by atoms with Gasteiger partial charge in [-0.1, -0.05) is 76.0 Å². The average Bonchev–Trinajstić information content (AvgIpc) is 2.77. The lowest BCUT2D eigenvalue weighted by Crippen LogP contribution is -2.13. The average molecular weight is 391 g/mol. The predicted octanol–water partition coefficient (Wildman–Crippen LogP) is 8.66. The highest BCUT2D eigenvalue weighted by atomic mass is 14.3. The summed E-state index contributed by atoms with van der Waals surface area (Å²) < 4.78 is 0. The van der Waals surface area contributed by atoms with E-state index in [0.717, 1.165) is 29.2 Å². The van der Waals surface area contributed by atoms with Gasteiger partial charge < -0.3 is 0 Å². The molecule has 29 heavy (non-hydrogen) atoms. The molecule has 158 valence electrons. The maximum absolute atomic E-state index is 3.34. The topological polar surface area (TPSA) is 0 Å². The Morgan fingerprint density at radius 2 is 1.45 bits per heavy atom. The lowest BCUT2D eigenvalue weighted by Gasteiger charge is -2.28. The maximum atomic E-state index is 3.34. The number of allylic oxidation sites excluding steroid dienone is 2. The van der Waals surface area contributed by atoms with E-state index in [1.165, 1.54) is 89.0 Å². The molecule has 2 fully saturated rings. The quantitative estimate of drug-likeness (QED) is 0.408. The highest BCUT2D eigenvalue weighted by molar-refractivity contribution is 5.39. The molecule has 0 spiro atoms. The number of benzene rings is 1. The Hall–Kier alpha value is -1.48. The summed E-state index contributed by atoms with van der Waals surface area (Å²) in [7, 11) is 0. The summed E-state index contributed by atoms with van der Waals surface area (Å²) in [6.07, 6.45) is 22.6. The lowest BCUT2D eigenvalue weighted by atomic mass is 9.77. The molecule has 0 N–H and O–H groups in total. The molecule has 0 amide bonds. The minimum Gasteiger partial charge on any atom is -0.0730 e.